The van der Waals surface area contributed by atoms with Crippen molar-refractivity contribution in [1.29, 1.82) is 0 Å². The second-order valence-corrected chi connectivity index (χ2v) is 9.23. The zero-order valence-electron chi connectivity index (χ0n) is 22.7. The third kappa shape index (κ3) is 8.30. The van der Waals surface area contributed by atoms with Gasteiger partial charge < -0.3 is 25.3 Å². The van der Waals surface area contributed by atoms with E-state index in [1.54, 1.807) is 0 Å². The molecule has 3 amide bonds. The number of ether oxygens (including phenoxy) is 1. The molecule has 3 heterocycles. The second kappa shape index (κ2) is 16.3. The molecule has 0 unspecified atom stereocenters. The molecule has 206 valence electrons. The third-order valence-electron chi connectivity index (χ3n) is 5.74. The SMILES string of the molecule is CC.CC.CCCc1ccc(NC(=O)Nc2sc3c(c2C(=O)N2CCOCC2)CCN(C)C3)cc1.O.[HH].[HH]. The van der Waals surface area contributed by atoms with E-state index in [0.717, 1.165) is 48.5 Å². The van der Waals surface area contributed by atoms with Gasteiger partial charge in [0.2, 0.25) is 0 Å². The fraction of sp³-hybridized carbons (Fsp3) is 0.556. The predicted molar refractivity (Wildman–Crippen MR) is 155 cm³/mol. The Kier molecular flexibility index (Phi) is 14.3. The Balaban J connectivity index is 0. The largest absolute Gasteiger partial charge is 0.412 e. The van der Waals surface area contributed by atoms with E-state index in [2.05, 4.69) is 29.5 Å². The highest BCUT2D eigenvalue weighted by atomic mass is 32.1. The lowest BCUT2D eigenvalue weighted by Gasteiger charge is -2.28. The molecule has 9 heteroatoms. The molecule has 0 saturated carbocycles. The van der Waals surface area contributed by atoms with Crippen LogP contribution < -0.4 is 10.6 Å². The van der Waals surface area contributed by atoms with Crippen LogP contribution in [0.15, 0.2) is 24.3 Å². The first-order chi connectivity index (χ1) is 17.0. The average molecular weight is 525 g/mol. The smallest absolute Gasteiger partial charge is 0.324 e. The van der Waals surface area contributed by atoms with Gasteiger partial charge in [0.25, 0.3) is 5.91 Å². The molecule has 1 fully saturated rings. The summed E-state index contributed by atoms with van der Waals surface area (Å²) in [5.41, 5.74) is 3.73. The van der Waals surface area contributed by atoms with E-state index in [-0.39, 0.29) is 20.3 Å². The summed E-state index contributed by atoms with van der Waals surface area (Å²) < 4.78 is 5.40. The Hall–Kier alpha value is -2.46. The lowest BCUT2D eigenvalue weighted by atomic mass is 10.0. The molecule has 4 rings (SSSR count). The first-order valence-electron chi connectivity index (χ1n) is 12.9. The number of nitrogens with zero attached hydrogens (tertiary/aromatic N) is 2. The number of hydrogen-bond donors (Lipinski definition) is 2. The predicted octanol–water partition coefficient (Wildman–Crippen LogP) is 5.52. The standard InChI is InChI=1S/C23H30N4O3S.2C2H6.H2O.2H2/c1-3-4-16-5-7-17(8-6-16)24-23(29)25-21-20(22(28)27-11-13-30-14-12-27)18-9-10-26(2)15-19(18)31-21;2*1-2;;;/h5-8H,3-4,9-15H2,1-2H3,(H2,24,25,29);2*1-2H3;1H2;2*1H. The van der Waals surface area contributed by atoms with Crippen molar-refractivity contribution in [3.63, 3.8) is 0 Å². The molecule has 1 aromatic carbocycles. The van der Waals surface area contributed by atoms with Gasteiger partial charge in [-0.3, -0.25) is 10.1 Å². The number of carbonyl (C=O) groups excluding carboxylic acids is 2. The van der Waals surface area contributed by atoms with Crippen molar-refractivity contribution >= 4 is 34.0 Å². The van der Waals surface area contributed by atoms with E-state index in [0.29, 0.717) is 36.9 Å². The summed E-state index contributed by atoms with van der Waals surface area (Å²) in [5, 5.41) is 6.49. The van der Waals surface area contributed by atoms with Crippen molar-refractivity contribution in [1.82, 2.24) is 9.80 Å². The molecule has 0 spiro atoms. The zero-order chi connectivity index (χ0) is 25.8. The molecule has 2 aliphatic heterocycles. The minimum absolute atomic E-state index is 0. The van der Waals surface area contributed by atoms with Gasteiger partial charge in [0.15, 0.2) is 0 Å². The average Bonchev–Trinajstić information content (AvgIpc) is 3.24. The van der Waals surface area contributed by atoms with Crippen LogP contribution in [0, 0.1) is 0 Å². The van der Waals surface area contributed by atoms with Crippen molar-refractivity contribution in [3.8, 4) is 0 Å². The summed E-state index contributed by atoms with van der Waals surface area (Å²) in [4.78, 5) is 31.3. The number of aryl methyl sites for hydroxylation is 1. The van der Waals surface area contributed by atoms with Gasteiger partial charge in [0, 0.05) is 39.6 Å². The van der Waals surface area contributed by atoms with Crippen molar-refractivity contribution in [3.05, 3.63) is 45.8 Å². The Labute approximate surface area is 223 Å². The van der Waals surface area contributed by atoms with Crippen molar-refractivity contribution in [2.24, 2.45) is 0 Å². The number of morpholine rings is 1. The number of thiophene rings is 1. The van der Waals surface area contributed by atoms with Gasteiger partial charge in [-0.25, -0.2) is 4.79 Å². The molecule has 0 bridgehead atoms. The quantitative estimate of drug-likeness (QED) is 0.537. The van der Waals surface area contributed by atoms with E-state index >= 15 is 0 Å². The Morgan fingerprint density at radius 3 is 2.28 bits per heavy atom. The summed E-state index contributed by atoms with van der Waals surface area (Å²) in [6.45, 7) is 14.1. The maximum Gasteiger partial charge on any atom is 0.324 e. The number of hydrogen-bond acceptors (Lipinski definition) is 5. The topological polar surface area (TPSA) is 105 Å². The lowest BCUT2D eigenvalue weighted by molar-refractivity contribution is 0.0303. The molecule has 2 aliphatic rings. The highest BCUT2D eigenvalue weighted by Crippen LogP contribution is 2.38. The minimum atomic E-state index is -0.328. The maximum atomic E-state index is 13.4. The number of carbonyl (C=O) groups is 2. The van der Waals surface area contributed by atoms with Crippen molar-refractivity contribution < 1.29 is 22.7 Å². The number of fused-ring (bicyclic) bond motifs is 1. The molecular weight excluding hydrogens is 476 g/mol. The number of benzene rings is 1. The van der Waals surface area contributed by atoms with Gasteiger partial charge in [0.1, 0.15) is 5.00 Å². The number of likely N-dealkylation sites (N-methyl/N-ethyl adjacent to an activating group) is 1. The fourth-order valence-electron chi connectivity index (χ4n) is 4.08. The number of anilines is 2. The maximum absolute atomic E-state index is 13.4. The van der Waals surface area contributed by atoms with Crippen LogP contribution in [0.1, 0.15) is 70.3 Å². The van der Waals surface area contributed by atoms with Gasteiger partial charge in [-0.1, -0.05) is 53.2 Å². The van der Waals surface area contributed by atoms with Crippen molar-refractivity contribution in [2.45, 2.75) is 60.4 Å². The number of amides is 3. The molecule has 36 heavy (non-hydrogen) atoms. The van der Waals surface area contributed by atoms with Crippen LogP contribution in [0.5, 0.6) is 0 Å². The summed E-state index contributed by atoms with van der Waals surface area (Å²) in [7, 11) is 2.08. The molecule has 0 aliphatic carbocycles. The van der Waals surface area contributed by atoms with Gasteiger partial charge in [-0.05, 0) is 43.1 Å². The minimum Gasteiger partial charge on any atom is -0.412 e. The second-order valence-electron chi connectivity index (χ2n) is 8.13. The Morgan fingerprint density at radius 2 is 1.67 bits per heavy atom. The number of nitrogens with one attached hydrogen (secondary N) is 2. The highest BCUT2D eigenvalue weighted by molar-refractivity contribution is 7.17. The molecular formula is C27H48N4O4S. The zero-order valence-corrected chi connectivity index (χ0v) is 23.5. The molecule has 0 atom stereocenters. The molecule has 8 nitrogen and oxygen atoms in total. The summed E-state index contributed by atoms with van der Waals surface area (Å²) in [6, 6.07) is 7.57. The molecule has 4 N–H and O–H groups in total. The van der Waals surface area contributed by atoms with Crippen molar-refractivity contribution in [2.75, 3.05) is 50.5 Å². The summed E-state index contributed by atoms with van der Waals surface area (Å²) in [5.74, 6) is -0.00966. The van der Waals surface area contributed by atoms with E-state index in [9.17, 15) is 9.59 Å². The summed E-state index contributed by atoms with van der Waals surface area (Å²) in [6.07, 6.45) is 2.93. The Morgan fingerprint density at radius 1 is 1.03 bits per heavy atom. The van der Waals surface area contributed by atoms with Crippen LogP contribution in [-0.4, -0.2) is 67.1 Å². The van der Waals surface area contributed by atoms with Crippen LogP contribution in [0.4, 0.5) is 15.5 Å². The van der Waals surface area contributed by atoms with E-state index in [4.69, 9.17) is 4.74 Å². The fourth-order valence-corrected chi connectivity index (χ4v) is 5.39. The van der Waals surface area contributed by atoms with Crippen LogP contribution in [0.2, 0.25) is 0 Å². The van der Waals surface area contributed by atoms with Gasteiger partial charge in [0.05, 0.1) is 18.8 Å². The van der Waals surface area contributed by atoms with Crippen LogP contribution in [0.25, 0.3) is 0 Å². The van der Waals surface area contributed by atoms with Crippen LogP contribution in [-0.2, 0) is 24.1 Å². The molecule has 1 aromatic heterocycles. The first kappa shape index (κ1) is 31.6. The normalized spacial score (nSPS) is 14.7. The van der Waals surface area contributed by atoms with E-state index in [1.165, 1.54) is 16.9 Å². The lowest BCUT2D eigenvalue weighted by Crippen LogP contribution is -2.41. The highest BCUT2D eigenvalue weighted by Gasteiger charge is 2.31. The molecule has 2 aromatic rings. The van der Waals surface area contributed by atoms with Gasteiger partial charge in [-0.2, -0.15) is 0 Å². The first-order valence-corrected chi connectivity index (χ1v) is 13.7. The molecule has 0 radical (unpaired) electrons. The van der Waals surface area contributed by atoms with E-state index in [1.807, 2.05) is 56.9 Å². The monoisotopic (exact) mass is 524 g/mol. The van der Waals surface area contributed by atoms with Crippen LogP contribution >= 0.6 is 11.3 Å². The Bertz CT molecular complexity index is 951. The van der Waals surface area contributed by atoms with Gasteiger partial charge in [-0.15, -0.1) is 11.3 Å². The van der Waals surface area contributed by atoms with E-state index < -0.39 is 0 Å². The van der Waals surface area contributed by atoms with Gasteiger partial charge >= 0.3 is 6.03 Å². The number of urea groups is 1. The molecule has 1 saturated heterocycles. The number of rotatable bonds is 5. The van der Waals surface area contributed by atoms with Crippen LogP contribution in [0.3, 0.4) is 0 Å². The third-order valence-corrected chi connectivity index (χ3v) is 6.87. The summed E-state index contributed by atoms with van der Waals surface area (Å²) >= 11 is 1.51.